The van der Waals surface area contributed by atoms with Gasteiger partial charge in [0.05, 0.1) is 5.75 Å². The molecular weight excluding hydrogens is 258 g/mol. The van der Waals surface area contributed by atoms with Crippen molar-refractivity contribution in [2.45, 2.75) is 19.9 Å². The molecule has 0 aromatic rings. The Labute approximate surface area is 99.3 Å². The van der Waals surface area contributed by atoms with Crippen molar-refractivity contribution in [3.8, 4) is 0 Å². The van der Waals surface area contributed by atoms with Gasteiger partial charge in [0.1, 0.15) is 0 Å². The molecule has 4 nitrogen and oxygen atoms in total. The molecule has 3 atom stereocenters. The molecule has 0 saturated carbocycles. The molecule has 0 aliphatic rings. The lowest BCUT2D eigenvalue weighted by molar-refractivity contribution is 0.558. The lowest BCUT2D eigenvalue weighted by Crippen LogP contribution is -2.39. The third kappa shape index (κ3) is 8.19. The van der Waals surface area contributed by atoms with Crippen LogP contribution < -0.4 is 4.72 Å². The second kappa shape index (κ2) is 6.83. The van der Waals surface area contributed by atoms with Crippen LogP contribution in [0.4, 0.5) is 0 Å². The summed E-state index contributed by atoms with van der Waals surface area (Å²) in [6.45, 7) is 3.47. The van der Waals surface area contributed by atoms with Gasteiger partial charge in [-0.1, -0.05) is 6.92 Å². The Morgan fingerprint density at radius 1 is 1.40 bits per heavy atom. The minimum Gasteiger partial charge on any atom is -0.260 e. The van der Waals surface area contributed by atoms with Gasteiger partial charge in [-0.25, -0.2) is 13.1 Å². The van der Waals surface area contributed by atoms with Crippen molar-refractivity contribution >= 4 is 32.4 Å². The Kier molecular flexibility index (Phi) is 6.99. The zero-order chi connectivity index (χ0) is 12.1. The molecular formula is C8H18ClNO3S2. The van der Waals surface area contributed by atoms with Gasteiger partial charge in [0, 0.05) is 34.7 Å². The summed E-state index contributed by atoms with van der Waals surface area (Å²) in [6, 6.07) is -0.302. The summed E-state index contributed by atoms with van der Waals surface area (Å²) >= 11 is 5.54. The molecule has 0 aliphatic heterocycles. The summed E-state index contributed by atoms with van der Waals surface area (Å²) in [5, 5.41) is 0. The number of alkyl halides is 1. The first-order chi connectivity index (χ1) is 6.76. The number of hydrogen-bond donors (Lipinski definition) is 1. The van der Waals surface area contributed by atoms with Gasteiger partial charge in [0.2, 0.25) is 10.0 Å². The molecule has 92 valence electrons. The predicted molar refractivity (Wildman–Crippen MR) is 65.2 cm³/mol. The molecule has 0 aliphatic carbocycles. The Morgan fingerprint density at radius 3 is 2.33 bits per heavy atom. The SMILES string of the molecule is CC(CCl)CS(=O)(=O)NC(C)CS(C)=O. The molecule has 1 N–H and O–H groups in total. The summed E-state index contributed by atoms with van der Waals surface area (Å²) in [6.07, 6.45) is 1.55. The van der Waals surface area contributed by atoms with E-state index in [4.69, 9.17) is 11.6 Å². The van der Waals surface area contributed by atoms with Gasteiger partial charge >= 0.3 is 0 Å². The summed E-state index contributed by atoms with van der Waals surface area (Å²) in [5.41, 5.74) is 0. The van der Waals surface area contributed by atoms with Crippen molar-refractivity contribution in [3.05, 3.63) is 0 Å². The summed E-state index contributed by atoms with van der Waals surface area (Å²) in [5.74, 6) is 0.573. The Bertz CT molecular complexity index is 305. The molecule has 0 saturated heterocycles. The third-order valence-corrected chi connectivity index (χ3v) is 4.90. The topological polar surface area (TPSA) is 63.2 Å². The molecule has 0 spiro atoms. The lowest BCUT2D eigenvalue weighted by Gasteiger charge is -2.14. The van der Waals surface area contributed by atoms with Crippen LogP contribution in [-0.2, 0) is 20.8 Å². The normalized spacial score (nSPS) is 18.4. The fourth-order valence-corrected chi connectivity index (χ4v) is 3.95. The van der Waals surface area contributed by atoms with Gasteiger partial charge in [-0.15, -0.1) is 11.6 Å². The zero-order valence-electron chi connectivity index (χ0n) is 9.20. The van der Waals surface area contributed by atoms with Crippen LogP contribution in [0.5, 0.6) is 0 Å². The van der Waals surface area contributed by atoms with Gasteiger partial charge in [-0.2, -0.15) is 0 Å². The number of hydrogen-bond acceptors (Lipinski definition) is 3. The molecule has 3 unspecified atom stereocenters. The van der Waals surface area contributed by atoms with Crippen molar-refractivity contribution in [2.75, 3.05) is 23.6 Å². The van der Waals surface area contributed by atoms with Crippen LogP contribution >= 0.6 is 11.6 Å². The average molecular weight is 276 g/mol. The van der Waals surface area contributed by atoms with Gasteiger partial charge in [0.25, 0.3) is 0 Å². The summed E-state index contributed by atoms with van der Waals surface area (Å²) < 4.78 is 36.4. The number of rotatable bonds is 7. The highest BCUT2D eigenvalue weighted by molar-refractivity contribution is 7.89. The fourth-order valence-electron chi connectivity index (χ4n) is 1.16. The first kappa shape index (κ1) is 15.3. The second-order valence-corrected chi connectivity index (χ2v) is 7.39. The maximum absolute atomic E-state index is 11.5. The molecule has 15 heavy (non-hydrogen) atoms. The minimum absolute atomic E-state index is 0.0111. The molecule has 0 amide bonds. The maximum atomic E-state index is 11.5. The van der Waals surface area contributed by atoms with E-state index in [0.29, 0.717) is 11.6 Å². The van der Waals surface area contributed by atoms with E-state index in [9.17, 15) is 12.6 Å². The number of halogens is 1. The van der Waals surface area contributed by atoms with Crippen LogP contribution in [0.3, 0.4) is 0 Å². The lowest BCUT2D eigenvalue weighted by atomic mass is 10.3. The molecule has 0 rings (SSSR count). The van der Waals surface area contributed by atoms with Gasteiger partial charge in [-0.05, 0) is 12.8 Å². The molecule has 0 bridgehead atoms. The number of sulfonamides is 1. The van der Waals surface area contributed by atoms with E-state index in [-0.39, 0.29) is 17.7 Å². The van der Waals surface area contributed by atoms with Crippen molar-refractivity contribution < 1.29 is 12.6 Å². The highest BCUT2D eigenvalue weighted by Crippen LogP contribution is 2.03. The largest absolute Gasteiger partial charge is 0.260 e. The summed E-state index contributed by atoms with van der Waals surface area (Å²) in [4.78, 5) is 0. The standard InChI is InChI=1S/C8H18ClNO3S2/c1-7(4-9)6-15(12,13)10-8(2)5-14(3)11/h7-8,10H,4-6H2,1-3H3. The van der Waals surface area contributed by atoms with E-state index in [1.54, 1.807) is 20.1 Å². The fraction of sp³-hybridized carbons (Fsp3) is 1.00. The number of nitrogens with one attached hydrogen (secondary N) is 1. The average Bonchev–Trinajstić information content (AvgIpc) is 1.99. The third-order valence-electron chi connectivity index (χ3n) is 1.63. The minimum atomic E-state index is -3.31. The van der Waals surface area contributed by atoms with Crippen LogP contribution in [-0.4, -0.2) is 42.3 Å². The van der Waals surface area contributed by atoms with Crippen LogP contribution in [0.1, 0.15) is 13.8 Å². The maximum Gasteiger partial charge on any atom is 0.212 e. The van der Waals surface area contributed by atoms with Crippen LogP contribution in [0.25, 0.3) is 0 Å². The van der Waals surface area contributed by atoms with Crippen molar-refractivity contribution in [1.82, 2.24) is 4.72 Å². The van der Waals surface area contributed by atoms with E-state index in [2.05, 4.69) is 4.72 Å². The Hall–Kier alpha value is 0.350. The van der Waals surface area contributed by atoms with E-state index in [0.717, 1.165) is 0 Å². The van der Waals surface area contributed by atoms with E-state index in [1.165, 1.54) is 0 Å². The summed E-state index contributed by atoms with van der Waals surface area (Å²) in [7, 11) is -4.30. The predicted octanol–water partition coefficient (Wildman–Crippen LogP) is 0.548. The van der Waals surface area contributed by atoms with Gasteiger partial charge in [0.15, 0.2) is 0 Å². The van der Waals surface area contributed by atoms with Crippen molar-refractivity contribution in [2.24, 2.45) is 5.92 Å². The van der Waals surface area contributed by atoms with E-state index >= 15 is 0 Å². The van der Waals surface area contributed by atoms with Gasteiger partial charge in [-0.3, -0.25) is 4.21 Å². The van der Waals surface area contributed by atoms with Crippen molar-refractivity contribution in [1.29, 1.82) is 0 Å². The van der Waals surface area contributed by atoms with E-state index in [1.807, 2.05) is 0 Å². The zero-order valence-corrected chi connectivity index (χ0v) is 11.6. The highest BCUT2D eigenvalue weighted by atomic mass is 35.5. The first-order valence-electron chi connectivity index (χ1n) is 4.63. The van der Waals surface area contributed by atoms with E-state index < -0.39 is 20.8 Å². The molecule has 0 heterocycles. The van der Waals surface area contributed by atoms with Crippen molar-refractivity contribution in [3.63, 3.8) is 0 Å². The molecule has 0 fully saturated rings. The molecule has 0 radical (unpaired) electrons. The van der Waals surface area contributed by atoms with Gasteiger partial charge < -0.3 is 0 Å². The Balaban J connectivity index is 4.19. The monoisotopic (exact) mass is 275 g/mol. The van der Waals surface area contributed by atoms with Crippen LogP contribution in [0.2, 0.25) is 0 Å². The molecule has 0 aromatic carbocycles. The quantitative estimate of drug-likeness (QED) is 0.690. The Morgan fingerprint density at radius 2 is 1.93 bits per heavy atom. The molecule has 7 heteroatoms. The first-order valence-corrected chi connectivity index (χ1v) is 8.54. The van der Waals surface area contributed by atoms with Crippen LogP contribution in [0, 0.1) is 5.92 Å². The smallest absolute Gasteiger partial charge is 0.212 e. The second-order valence-electron chi connectivity index (χ2n) is 3.80. The van der Waals surface area contributed by atoms with Crippen LogP contribution in [0.15, 0.2) is 0 Å². The highest BCUT2D eigenvalue weighted by Gasteiger charge is 2.18. The molecule has 0 aromatic heterocycles.